The Balaban J connectivity index is 2.72. The van der Waals surface area contributed by atoms with Gasteiger partial charge in [-0.3, -0.25) is 0 Å². The Kier molecular flexibility index (Phi) is 2.38. The number of hydrogen-bond donors (Lipinski definition) is 1. The van der Waals surface area contributed by atoms with Gasteiger partial charge in [0, 0.05) is 5.92 Å². The van der Waals surface area contributed by atoms with Crippen molar-refractivity contribution in [2.45, 2.75) is 33.1 Å². The third-order valence-electron chi connectivity index (χ3n) is 2.94. The molecule has 0 aromatic rings. The second kappa shape index (κ2) is 2.98. The van der Waals surface area contributed by atoms with E-state index in [4.69, 9.17) is 5.11 Å². The largest absolute Gasteiger partial charge is 0.396 e. The summed E-state index contributed by atoms with van der Waals surface area (Å²) in [5.41, 5.74) is 1.51. The first kappa shape index (κ1) is 8.79. The number of rotatable bonds is 1. The normalized spacial score (nSPS) is 30.5. The highest BCUT2D eigenvalue weighted by atomic mass is 16.3. The highest BCUT2D eigenvalue weighted by Gasteiger charge is 2.33. The maximum Gasteiger partial charge on any atom is 0.0501 e. The summed E-state index contributed by atoms with van der Waals surface area (Å²) < 4.78 is 0. The van der Waals surface area contributed by atoms with Crippen LogP contribution in [0.1, 0.15) is 33.1 Å². The van der Waals surface area contributed by atoms with E-state index in [-0.39, 0.29) is 12.0 Å². The maximum absolute atomic E-state index is 9.14. The van der Waals surface area contributed by atoms with Gasteiger partial charge in [0.25, 0.3) is 0 Å². The molecular weight excluding hydrogens is 136 g/mol. The van der Waals surface area contributed by atoms with Gasteiger partial charge in [-0.15, -0.1) is 0 Å². The molecule has 1 fully saturated rings. The highest BCUT2D eigenvalue weighted by Crippen LogP contribution is 2.42. The number of hydrogen-bond acceptors (Lipinski definition) is 1. The SMILES string of the molecule is C=C1CCCC(C)(C)[C@@H]1CO. The van der Waals surface area contributed by atoms with E-state index in [1.54, 1.807) is 0 Å². The van der Waals surface area contributed by atoms with Gasteiger partial charge >= 0.3 is 0 Å². The van der Waals surface area contributed by atoms with E-state index in [1.807, 2.05) is 0 Å². The van der Waals surface area contributed by atoms with Crippen molar-refractivity contribution in [1.82, 2.24) is 0 Å². The van der Waals surface area contributed by atoms with Crippen LogP contribution in [0.4, 0.5) is 0 Å². The van der Waals surface area contributed by atoms with Crippen molar-refractivity contribution in [1.29, 1.82) is 0 Å². The summed E-state index contributed by atoms with van der Waals surface area (Å²) in [5.74, 6) is 0.330. The summed E-state index contributed by atoms with van der Waals surface area (Å²) in [5, 5.41) is 9.14. The van der Waals surface area contributed by atoms with Gasteiger partial charge in [-0.1, -0.05) is 26.0 Å². The first-order valence-corrected chi connectivity index (χ1v) is 4.36. The smallest absolute Gasteiger partial charge is 0.0501 e. The zero-order valence-corrected chi connectivity index (χ0v) is 7.56. The molecule has 64 valence electrons. The topological polar surface area (TPSA) is 20.2 Å². The van der Waals surface area contributed by atoms with Gasteiger partial charge in [-0.2, -0.15) is 0 Å². The Bertz CT molecular complexity index is 158. The van der Waals surface area contributed by atoms with Gasteiger partial charge in [0.1, 0.15) is 0 Å². The summed E-state index contributed by atoms with van der Waals surface area (Å²) >= 11 is 0. The molecule has 0 amide bonds. The Morgan fingerprint density at radius 3 is 2.64 bits per heavy atom. The second-order valence-electron chi connectivity index (χ2n) is 4.24. The van der Waals surface area contributed by atoms with E-state index >= 15 is 0 Å². The molecule has 0 aromatic heterocycles. The fourth-order valence-electron chi connectivity index (χ4n) is 2.05. The molecule has 0 radical (unpaired) electrons. The molecule has 0 saturated heterocycles. The molecule has 11 heavy (non-hydrogen) atoms. The molecule has 1 N–H and O–H groups in total. The average Bonchev–Trinajstić information content (AvgIpc) is 1.86. The quantitative estimate of drug-likeness (QED) is 0.575. The molecule has 1 heteroatoms. The van der Waals surface area contributed by atoms with E-state index in [2.05, 4.69) is 20.4 Å². The zero-order valence-electron chi connectivity index (χ0n) is 7.56. The van der Waals surface area contributed by atoms with E-state index in [0.29, 0.717) is 5.92 Å². The monoisotopic (exact) mass is 154 g/mol. The molecule has 1 rings (SSSR count). The summed E-state index contributed by atoms with van der Waals surface area (Å²) in [6.45, 7) is 8.71. The predicted molar refractivity (Wildman–Crippen MR) is 47.3 cm³/mol. The molecule has 0 aliphatic heterocycles. The summed E-state index contributed by atoms with van der Waals surface area (Å²) in [4.78, 5) is 0. The third kappa shape index (κ3) is 1.64. The predicted octanol–water partition coefficient (Wildman–Crippen LogP) is 2.36. The molecule has 1 aliphatic rings. The molecule has 0 aromatic carbocycles. The van der Waals surface area contributed by atoms with Crippen LogP contribution in [0.5, 0.6) is 0 Å². The fourth-order valence-corrected chi connectivity index (χ4v) is 2.05. The van der Waals surface area contributed by atoms with E-state index < -0.39 is 0 Å². The standard InChI is InChI=1S/C10H18O/c1-8-5-4-6-10(2,3)9(8)7-11/h9,11H,1,4-7H2,2-3H3/t9-/m1/s1. The van der Waals surface area contributed by atoms with Crippen LogP contribution in [0, 0.1) is 11.3 Å². The maximum atomic E-state index is 9.14. The number of aliphatic hydroxyl groups excluding tert-OH is 1. The van der Waals surface area contributed by atoms with Crippen LogP contribution in [0.2, 0.25) is 0 Å². The minimum absolute atomic E-state index is 0.268. The summed E-state index contributed by atoms with van der Waals surface area (Å²) in [7, 11) is 0. The van der Waals surface area contributed by atoms with Crippen molar-refractivity contribution >= 4 is 0 Å². The van der Waals surface area contributed by atoms with Crippen molar-refractivity contribution in [3.63, 3.8) is 0 Å². The van der Waals surface area contributed by atoms with Crippen LogP contribution in [-0.4, -0.2) is 11.7 Å². The lowest BCUT2D eigenvalue weighted by Gasteiger charge is -2.39. The van der Waals surface area contributed by atoms with Crippen LogP contribution in [0.15, 0.2) is 12.2 Å². The first-order valence-electron chi connectivity index (χ1n) is 4.36. The molecule has 1 saturated carbocycles. The van der Waals surface area contributed by atoms with Gasteiger partial charge < -0.3 is 5.11 Å². The minimum Gasteiger partial charge on any atom is -0.396 e. The van der Waals surface area contributed by atoms with Crippen molar-refractivity contribution in [3.05, 3.63) is 12.2 Å². The molecule has 1 aliphatic carbocycles. The lowest BCUT2D eigenvalue weighted by Crippen LogP contribution is -2.31. The Labute approximate surface area is 69.1 Å². The second-order valence-corrected chi connectivity index (χ2v) is 4.24. The van der Waals surface area contributed by atoms with E-state index in [0.717, 1.165) is 6.42 Å². The van der Waals surface area contributed by atoms with E-state index in [1.165, 1.54) is 18.4 Å². The molecular formula is C10H18O. The van der Waals surface area contributed by atoms with E-state index in [9.17, 15) is 0 Å². The van der Waals surface area contributed by atoms with Crippen molar-refractivity contribution in [3.8, 4) is 0 Å². The van der Waals surface area contributed by atoms with Gasteiger partial charge in [-0.05, 0) is 24.7 Å². The van der Waals surface area contributed by atoms with Crippen LogP contribution in [-0.2, 0) is 0 Å². The molecule has 0 heterocycles. The Morgan fingerprint density at radius 2 is 2.27 bits per heavy atom. The van der Waals surface area contributed by atoms with Crippen LogP contribution >= 0.6 is 0 Å². The fraction of sp³-hybridized carbons (Fsp3) is 0.800. The van der Waals surface area contributed by atoms with Gasteiger partial charge in [0.05, 0.1) is 6.61 Å². The Morgan fingerprint density at radius 1 is 1.64 bits per heavy atom. The lowest BCUT2D eigenvalue weighted by molar-refractivity contribution is 0.114. The van der Waals surface area contributed by atoms with Crippen molar-refractivity contribution in [2.24, 2.45) is 11.3 Å². The molecule has 1 atom stereocenters. The lowest BCUT2D eigenvalue weighted by atomic mass is 9.67. The van der Waals surface area contributed by atoms with Gasteiger partial charge in [0.2, 0.25) is 0 Å². The minimum atomic E-state index is 0.268. The van der Waals surface area contributed by atoms with Crippen molar-refractivity contribution < 1.29 is 5.11 Å². The van der Waals surface area contributed by atoms with Crippen LogP contribution in [0.25, 0.3) is 0 Å². The average molecular weight is 154 g/mol. The zero-order chi connectivity index (χ0) is 8.48. The van der Waals surface area contributed by atoms with Crippen LogP contribution < -0.4 is 0 Å². The summed E-state index contributed by atoms with van der Waals surface area (Å²) in [6.07, 6.45) is 3.56. The van der Waals surface area contributed by atoms with Gasteiger partial charge in [-0.25, -0.2) is 0 Å². The Hall–Kier alpha value is -0.300. The molecule has 1 nitrogen and oxygen atoms in total. The summed E-state index contributed by atoms with van der Waals surface area (Å²) in [6, 6.07) is 0. The number of aliphatic hydroxyl groups is 1. The molecule has 0 bridgehead atoms. The highest BCUT2D eigenvalue weighted by molar-refractivity contribution is 5.09. The van der Waals surface area contributed by atoms with Crippen LogP contribution in [0.3, 0.4) is 0 Å². The third-order valence-corrected chi connectivity index (χ3v) is 2.94. The first-order chi connectivity index (χ1) is 5.08. The van der Waals surface area contributed by atoms with Gasteiger partial charge in [0.15, 0.2) is 0 Å². The molecule has 0 spiro atoms. The van der Waals surface area contributed by atoms with Crippen molar-refractivity contribution in [2.75, 3.05) is 6.61 Å². The molecule has 0 unspecified atom stereocenters.